The number of morpholine rings is 1. The van der Waals surface area contributed by atoms with Gasteiger partial charge in [-0.2, -0.15) is 26.3 Å². The molecule has 0 bridgehead atoms. The lowest BCUT2D eigenvalue weighted by Crippen LogP contribution is -2.57. The number of ether oxygens (including phenoxy) is 1. The van der Waals surface area contributed by atoms with Gasteiger partial charge < -0.3 is 9.64 Å². The summed E-state index contributed by atoms with van der Waals surface area (Å²) in [5, 5.41) is 2.05. The summed E-state index contributed by atoms with van der Waals surface area (Å²) in [6.45, 7) is 8.27. The molecule has 11 heteroatoms. The molecule has 2 fully saturated rings. The van der Waals surface area contributed by atoms with Crippen molar-refractivity contribution in [3.8, 4) is 0 Å². The molecule has 0 spiro atoms. The highest BCUT2D eigenvalue weighted by Gasteiger charge is 2.39. The number of halogens is 6. The molecule has 2 heterocycles. The SMILES string of the molecule is C[C@@H]1CN(CCN2CCN(C(=O)c3cc(C(F)(F)F)cc(C(F)(F)F)c3)[C@H](Cc3ccc4ccccc4c3)C2)C[C@H](C)O1. The van der Waals surface area contributed by atoms with Crippen molar-refractivity contribution in [3.05, 3.63) is 82.9 Å². The predicted molar refractivity (Wildman–Crippen MR) is 152 cm³/mol. The van der Waals surface area contributed by atoms with Crippen LogP contribution < -0.4 is 0 Å². The minimum absolute atomic E-state index is 0.0502. The second-order valence-electron chi connectivity index (χ2n) is 11.7. The van der Waals surface area contributed by atoms with Crippen LogP contribution in [0.3, 0.4) is 0 Å². The van der Waals surface area contributed by atoms with E-state index in [1.165, 1.54) is 4.90 Å². The van der Waals surface area contributed by atoms with E-state index >= 15 is 0 Å². The fourth-order valence-corrected chi connectivity index (χ4v) is 6.20. The third-order valence-electron chi connectivity index (χ3n) is 8.18. The number of rotatable bonds is 6. The summed E-state index contributed by atoms with van der Waals surface area (Å²) in [7, 11) is 0. The van der Waals surface area contributed by atoms with Crippen LogP contribution in [0.5, 0.6) is 0 Å². The van der Waals surface area contributed by atoms with Crippen molar-refractivity contribution in [1.82, 2.24) is 14.7 Å². The van der Waals surface area contributed by atoms with Gasteiger partial charge in [-0.05, 0) is 54.8 Å². The Labute approximate surface area is 247 Å². The zero-order chi connectivity index (χ0) is 30.9. The van der Waals surface area contributed by atoms with Gasteiger partial charge in [0.05, 0.1) is 23.3 Å². The van der Waals surface area contributed by atoms with Gasteiger partial charge in [-0.15, -0.1) is 0 Å². The molecule has 1 amide bonds. The fourth-order valence-electron chi connectivity index (χ4n) is 6.20. The number of amides is 1. The van der Waals surface area contributed by atoms with Crippen molar-refractivity contribution >= 4 is 16.7 Å². The molecule has 0 saturated carbocycles. The number of hydrogen-bond donors (Lipinski definition) is 0. The van der Waals surface area contributed by atoms with Crippen LogP contribution in [0.2, 0.25) is 0 Å². The lowest BCUT2D eigenvalue weighted by Gasteiger charge is -2.43. The summed E-state index contributed by atoms with van der Waals surface area (Å²) < 4.78 is 87.2. The molecular weight excluding hydrogens is 572 g/mol. The van der Waals surface area contributed by atoms with E-state index in [1.807, 2.05) is 56.3 Å². The van der Waals surface area contributed by atoms with Gasteiger partial charge in [-0.3, -0.25) is 14.6 Å². The van der Waals surface area contributed by atoms with E-state index in [-0.39, 0.29) is 24.8 Å². The van der Waals surface area contributed by atoms with Gasteiger partial charge in [-0.1, -0.05) is 42.5 Å². The average molecular weight is 608 g/mol. The number of carbonyl (C=O) groups is 1. The lowest BCUT2D eigenvalue weighted by molar-refractivity contribution is -0.143. The Morgan fingerprint density at radius 1 is 0.767 bits per heavy atom. The van der Waals surface area contributed by atoms with Gasteiger partial charge in [0.1, 0.15) is 0 Å². The number of fused-ring (bicyclic) bond motifs is 1. The van der Waals surface area contributed by atoms with Crippen LogP contribution in [0.1, 0.15) is 40.9 Å². The minimum Gasteiger partial charge on any atom is -0.373 e. The van der Waals surface area contributed by atoms with Crippen molar-refractivity contribution in [2.75, 3.05) is 45.8 Å². The van der Waals surface area contributed by atoms with Crippen LogP contribution in [0, 0.1) is 0 Å². The van der Waals surface area contributed by atoms with Gasteiger partial charge in [0.15, 0.2) is 0 Å². The second kappa shape index (κ2) is 12.5. The first kappa shape index (κ1) is 31.3. The van der Waals surface area contributed by atoms with Gasteiger partial charge in [0.25, 0.3) is 5.91 Å². The van der Waals surface area contributed by atoms with E-state index < -0.39 is 41.0 Å². The minimum atomic E-state index is -5.03. The molecule has 2 saturated heterocycles. The van der Waals surface area contributed by atoms with Gasteiger partial charge in [0.2, 0.25) is 0 Å². The highest BCUT2D eigenvalue weighted by molar-refractivity contribution is 5.95. The fraction of sp³-hybridized carbons (Fsp3) is 0.469. The average Bonchev–Trinajstić information content (AvgIpc) is 2.94. The first-order chi connectivity index (χ1) is 20.3. The number of carbonyl (C=O) groups excluding carboxylic acids is 1. The van der Waals surface area contributed by atoms with Crippen molar-refractivity contribution in [2.24, 2.45) is 0 Å². The molecule has 43 heavy (non-hydrogen) atoms. The van der Waals surface area contributed by atoms with E-state index in [9.17, 15) is 31.1 Å². The van der Waals surface area contributed by atoms with E-state index in [1.54, 1.807) is 0 Å². The number of nitrogens with zero attached hydrogens (tertiary/aromatic N) is 3. The Balaban J connectivity index is 1.41. The molecule has 0 aliphatic carbocycles. The normalized spacial score (nSPS) is 22.7. The Hall–Kier alpha value is -3.15. The molecular formula is C32H35F6N3O2. The molecule has 3 atom stereocenters. The summed E-state index contributed by atoms with van der Waals surface area (Å²) in [5.74, 6) is -0.835. The monoisotopic (exact) mass is 607 g/mol. The maximum atomic E-state index is 13.7. The second-order valence-corrected chi connectivity index (χ2v) is 11.7. The summed E-state index contributed by atoms with van der Waals surface area (Å²) in [5.41, 5.74) is -2.68. The number of benzene rings is 3. The summed E-state index contributed by atoms with van der Waals surface area (Å²) in [6, 6.07) is 14.4. The first-order valence-corrected chi connectivity index (χ1v) is 14.4. The van der Waals surface area contributed by atoms with Gasteiger partial charge in [-0.25, -0.2) is 0 Å². The van der Waals surface area contributed by atoms with Crippen LogP contribution in [-0.2, 0) is 23.5 Å². The largest absolute Gasteiger partial charge is 0.416 e. The molecule has 3 aromatic rings. The lowest BCUT2D eigenvalue weighted by atomic mass is 9.97. The molecule has 0 N–H and O–H groups in total. The third-order valence-corrected chi connectivity index (χ3v) is 8.18. The Morgan fingerprint density at radius 2 is 1.37 bits per heavy atom. The molecule has 232 valence electrons. The standard InChI is InChI=1S/C32H35F6N3O2/c1-21-18-40(19-22(2)43-21)10-9-39-11-12-41(29(20-39)14-23-7-8-24-5-3-4-6-25(24)13-23)30(42)26-15-27(31(33,34)35)17-28(16-26)32(36,37)38/h3-8,13,15-17,21-22,29H,9-12,14,18-20H2,1-2H3/t21-,22+,29-/m1/s1. The molecule has 3 aromatic carbocycles. The van der Waals surface area contributed by atoms with E-state index in [4.69, 9.17) is 4.74 Å². The van der Waals surface area contributed by atoms with Crippen molar-refractivity contribution < 1.29 is 35.9 Å². The van der Waals surface area contributed by atoms with Crippen LogP contribution in [0.15, 0.2) is 60.7 Å². The topological polar surface area (TPSA) is 36.0 Å². The van der Waals surface area contributed by atoms with Gasteiger partial charge in [0, 0.05) is 57.4 Å². The third kappa shape index (κ3) is 7.69. The van der Waals surface area contributed by atoms with Crippen molar-refractivity contribution in [3.63, 3.8) is 0 Å². The highest BCUT2D eigenvalue weighted by Crippen LogP contribution is 2.37. The van der Waals surface area contributed by atoms with Crippen LogP contribution in [0.4, 0.5) is 26.3 Å². The van der Waals surface area contributed by atoms with E-state index in [0.29, 0.717) is 31.6 Å². The van der Waals surface area contributed by atoms with E-state index in [2.05, 4.69) is 9.80 Å². The first-order valence-electron chi connectivity index (χ1n) is 14.4. The quantitative estimate of drug-likeness (QED) is 0.306. The maximum Gasteiger partial charge on any atom is 0.416 e. The number of alkyl halides is 6. The number of piperazine rings is 1. The molecule has 2 aliphatic heterocycles. The zero-order valence-electron chi connectivity index (χ0n) is 24.1. The Bertz CT molecular complexity index is 1400. The van der Waals surface area contributed by atoms with Crippen LogP contribution >= 0.6 is 0 Å². The number of hydrogen-bond acceptors (Lipinski definition) is 4. The van der Waals surface area contributed by atoms with Gasteiger partial charge >= 0.3 is 12.4 Å². The Kier molecular flexibility index (Phi) is 9.06. The smallest absolute Gasteiger partial charge is 0.373 e. The zero-order valence-corrected chi connectivity index (χ0v) is 24.1. The maximum absolute atomic E-state index is 13.7. The molecule has 0 aromatic heterocycles. The molecule has 5 rings (SSSR count). The van der Waals surface area contributed by atoms with E-state index in [0.717, 1.165) is 42.5 Å². The highest BCUT2D eigenvalue weighted by atomic mass is 19.4. The molecule has 2 aliphatic rings. The molecule has 0 radical (unpaired) electrons. The summed E-state index contributed by atoms with van der Waals surface area (Å²) in [6.07, 6.45) is -9.42. The summed E-state index contributed by atoms with van der Waals surface area (Å²) >= 11 is 0. The van der Waals surface area contributed by atoms with Crippen molar-refractivity contribution in [2.45, 2.75) is 50.9 Å². The Morgan fingerprint density at radius 3 is 2.00 bits per heavy atom. The van der Waals surface area contributed by atoms with Crippen LogP contribution in [-0.4, -0.2) is 84.7 Å². The van der Waals surface area contributed by atoms with Crippen molar-refractivity contribution in [1.29, 1.82) is 0 Å². The molecule has 0 unspecified atom stereocenters. The van der Waals surface area contributed by atoms with Crippen LogP contribution in [0.25, 0.3) is 10.8 Å². The summed E-state index contributed by atoms with van der Waals surface area (Å²) in [4.78, 5) is 19.7. The molecule has 5 nitrogen and oxygen atoms in total. The predicted octanol–water partition coefficient (Wildman–Crippen LogP) is 6.36.